The second kappa shape index (κ2) is 9.25. The van der Waals surface area contributed by atoms with Gasteiger partial charge in [0.2, 0.25) is 0 Å². The van der Waals surface area contributed by atoms with E-state index in [0.717, 1.165) is 16.7 Å². The number of carbonyl (C=O) groups is 1. The second-order valence-corrected chi connectivity index (χ2v) is 8.28. The Morgan fingerprint density at radius 1 is 1.10 bits per heavy atom. The predicted octanol–water partition coefficient (Wildman–Crippen LogP) is 4.14. The Bertz CT molecular complexity index is 843. The summed E-state index contributed by atoms with van der Waals surface area (Å²) in [6, 6.07) is 17.8. The highest BCUT2D eigenvalue weighted by Gasteiger charge is 2.33. The number of hydrogen-bond donors (Lipinski definition) is 2. The van der Waals surface area contributed by atoms with Gasteiger partial charge in [0.15, 0.2) is 0 Å². The van der Waals surface area contributed by atoms with Gasteiger partial charge in [-0.2, -0.15) is 0 Å². The molecule has 0 heterocycles. The lowest BCUT2D eigenvalue weighted by molar-refractivity contribution is 0.0464. The summed E-state index contributed by atoms with van der Waals surface area (Å²) in [7, 11) is 0. The van der Waals surface area contributed by atoms with Gasteiger partial charge in [0.1, 0.15) is 5.60 Å². The molecule has 0 aromatic heterocycles. The standard InChI is InChI=1S/C24H30N2O3/c1-24(2,3)29-23(28)25-22-20-12-8-7-11-19(20)13-14-21(22)26(15-16-27)17-18-9-5-4-6-10-18/h4-14,21-22,27H,15-17H2,1-3H3,(H,25,28)/t21-,22-/m1/s1. The Balaban J connectivity index is 1.90. The molecule has 0 unspecified atom stereocenters. The third kappa shape index (κ3) is 5.68. The van der Waals surface area contributed by atoms with Crippen LogP contribution >= 0.6 is 0 Å². The molecule has 1 amide bonds. The van der Waals surface area contributed by atoms with Crippen molar-refractivity contribution >= 4 is 12.2 Å². The number of alkyl carbamates (subject to hydrolysis) is 1. The smallest absolute Gasteiger partial charge is 0.408 e. The minimum absolute atomic E-state index is 0.0397. The van der Waals surface area contributed by atoms with E-state index in [1.165, 1.54) is 0 Å². The molecular weight excluding hydrogens is 364 g/mol. The average molecular weight is 395 g/mol. The Hall–Kier alpha value is -2.63. The number of carbonyl (C=O) groups excluding carboxylic acids is 1. The molecule has 1 aliphatic carbocycles. The van der Waals surface area contributed by atoms with E-state index < -0.39 is 11.7 Å². The van der Waals surface area contributed by atoms with Gasteiger partial charge in [0.05, 0.1) is 18.7 Å². The molecule has 0 saturated heterocycles. The molecule has 0 spiro atoms. The van der Waals surface area contributed by atoms with E-state index in [2.05, 4.69) is 34.5 Å². The molecule has 29 heavy (non-hydrogen) atoms. The van der Waals surface area contributed by atoms with Crippen LogP contribution in [0.4, 0.5) is 4.79 Å². The van der Waals surface area contributed by atoms with E-state index in [-0.39, 0.29) is 18.7 Å². The fourth-order valence-corrected chi connectivity index (χ4v) is 3.65. The van der Waals surface area contributed by atoms with E-state index in [9.17, 15) is 9.90 Å². The lowest BCUT2D eigenvalue weighted by atomic mass is 9.88. The van der Waals surface area contributed by atoms with Crippen LogP contribution in [-0.2, 0) is 11.3 Å². The first-order valence-corrected chi connectivity index (χ1v) is 10.0. The summed E-state index contributed by atoms with van der Waals surface area (Å²) in [4.78, 5) is 14.8. The van der Waals surface area contributed by atoms with Crippen molar-refractivity contribution in [1.29, 1.82) is 0 Å². The van der Waals surface area contributed by atoms with E-state index in [1.54, 1.807) is 0 Å². The summed E-state index contributed by atoms with van der Waals surface area (Å²) in [6.07, 6.45) is 3.74. The predicted molar refractivity (Wildman–Crippen MR) is 115 cm³/mol. The molecule has 2 N–H and O–H groups in total. The fourth-order valence-electron chi connectivity index (χ4n) is 3.65. The van der Waals surface area contributed by atoms with Crippen molar-refractivity contribution in [3.05, 3.63) is 77.4 Å². The van der Waals surface area contributed by atoms with E-state index in [4.69, 9.17) is 4.74 Å². The van der Waals surface area contributed by atoms with Crippen LogP contribution in [0.1, 0.15) is 43.5 Å². The Kier molecular flexibility index (Phi) is 6.72. The molecule has 0 fully saturated rings. The van der Waals surface area contributed by atoms with E-state index in [1.807, 2.05) is 63.2 Å². The highest BCUT2D eigenvalue weighted by molar-refractivity contribution is 5.70. The van der Waals surface area contributed by atoms with Gasteiger partial charge in [-0.3, -0.25) is 4.90 Å². The minimum atomic E-state index is -0.571. The monoisotopic (exact) mass is 394 g/mol. The lowest BCUT2D eigenvalue weighted by Crippen LogP contribution is -2.48. The van der Waals surface area contributed by atoms with Gasteiger partial charge in [0.25, 0.3) is 0 Å². The Labute approximate surface area is 173 Å². The van der Waals surface area contributed by atoms with Gasteiger partial charge in [-0.05, 0) is 37.5 Å². The molecule has 154 valence electrons. The summed E-state index contributed by atoms with van der Waals surface area (Å²) in [6.45, 7) is 6.77. The highest BCUT2D eigenvalue weighted by Crippen LogP contribution is 2.32. The number of amides is 1. The average Bonchev–Trinajstić information content (AvgIpc) is 2.67. The maximum atomic E-state index is 12.6. The SMILES string of the molecule is CC(C)(C)OC(=O)N[C@@H]1c2ccccc2C=C[C@H]1N(CCO)Cc1ccccc1. The molecular formula is C24H30N2O3. The number of fused-ring (bicyclic) bond motifs is 1. The van der Waals surface area contributed by atoms with Crippen LogP contribution in [-0.4, -0.2) is 40.9 Å². The first-order chi connectivity index (χ1) is 13.9. The Morgan fingerprint density at radius 2 is 1.79 bits per heavy atom. The van der Waals surface area contributed by atoms with Crippen LogP contribution in [0.5, 0.6) is 0 Å². The van der Waals surface area contributed by atoms with Gasteiger partial charge in [-0.25, -0.2) is 4.79 Å². The number of hydrogen-bond acceptors (Lipinski definition) is 4. The molecule has 0 radical (unpaired) electrons. The molecule has 5 heteroatoms. The molecule has 0 saturated carbocycles. The number of nitrogens with one attached hydrogen (secondary N) is 1. The van der Waals surface area contributed by atoms with Crippen molar-refractivity contribution in [3.8, 4) is 0 Å². The topological polar surface area (TPSA) is 61.8 Å². The molecule has 2 atom stereocenters. The zero-order valence-electron chi connectivity index (χ0n) is 17.3. The maximum Gasteiger partial charge on any atom is 0.408 e. The van der Waals surface area contributed by atoms with E-state index >= 15 is 0 Å². The van der Waals surface area contributed by atoms with Gasteiger partial charge in [-0.1, -0.05) is 66.7 Å². The number of aliphatic hydroxyl groups is 1. The fraction of sp³-hybridized carbons (Fsp3) is 0.375. The van der Waals surface area contributed by atoms with Crippen LogP contribution < -0.4 is 5.32 Å². The molecule has 3 rings (SSSR count). The molecule has 0 aliphatic heterocycles. The van der Waals surface area contributed by atoms with Crippen molar-refractivity contribution in [3.63, 3.8) is 0 Å². The second-order valence-electron chi connectivity index (χ2n) is 8.28. The van der Waals surface area contributed by atoms with Gasteiger partial charge in [0, 0.05) is 13.1 Å². The van der Waals surface area contributed by atoms with Crippen molar-refractivity contribution in [2.75, 3.05) is 13.2 Å². The zero-order chi connectivity index (χ0) is 20.9. The summed E-state index contributed by atoms with van der Waals surface area (Å²) >= 11 is 0. The van der Waals surface area contributed by atoms with Gasteiger partial charge in [-0.15, -0.1) is 0 Å². The van der Waals surface area contributed by atoms with Crippen molar-refractivity contribution in [2.24, 2.45) is 0 Å². The van der Waals surface area contributed by atoms with Crippen molar-refractivity contribution in [2.45, 2.75) is 45.0 Å². The molecule has 2 aromatic rings. The van der Waals surface area contributed by atoms with Crippen LogP contribution in [0.3, 0.4) is 0 Å². The highest BCUT2D eigenvalue weighted by atomic mass is 16.6. The maximum absolute atomic E-state index is 12.6. The molecule has 5 nitrogen and oxygen atoms in total. The first-order valence-electron chi connectivity index (χ1n) is 10.0. The van der Waals surface area contributed by atoms with Gasteiger partial charge >= 0.3 is 6.09 Å². The summed E-state index contributed by atoms with van der Waals surface area (Å²) < 4.78 is 5.52. The Morgan fingerprint density at radius 3 is 2.48 bits per heavy atom. The molecule has 2 aromatic carbocycles. The van der Waals surface area contributed by atoms with Crippen LogP contribution in [0.25, 0.3) is 6.08 Å². The van der Waals surface area contributed by atoms with Crippen LogP contribution in [0.15, 0.2) is 60.7 Å². The summed E-state index contributed by atoms with van der Waals surface area (Å²) in [5.41, 5.74) is 2.71. The normalized spacial score (nSPS) is 18.4. The first kappa shape index (κ1) is 21.1. The molecule has 1 aliphatic rings. The third-order valence-corrected chi connectivity index (χ3v) is 4.86. The summed E-state index contributed by atoms with van der Waals surface area (Å²) in [5.74, 6) is 0. The van der Waals surface area contributed by atoms with E-state index in [0.29, 0.717) is 13.1 Å². The summed E-state index contributed by atoms with van der Waals surface area (Å²) in [5, 5.41) is 12.8. The number of nitrogens with zero attached hydrogens (tertiary/aromatic N) is 1. The van der Waals surface area contributed by atoms with Crippen molar-refractivity contribution < 1.29 is 14.6 Å². The quantitative estimate of drug-likeness (QED) is 0.773. The number of benzene rings is 2. The molecule has 0 bridgehead atoms. The number of rotatable bonds is 6. The van der Waals surface area contributed by atoms with Crippen molar-refractivity contribution in [1.82, 2.24) is 10.2 Å². The number of aliphatic hydroxyl groups excluding tert-OH is 1. The minimum Gasteiger partial charge on any atom is -0.444 e. The lowest BCUT2D eigenvalue weighted by Gasteiger charge is -2.38. The van der Waals surface area contributed by atoms with Crippen LogP contribution in [0.2, 0.25) is 0 Å². The zero-order valence-corrected chi connectivity index (χ0v) is 17.3. The van der Waals surface area contributed by atoms with Crippen LogP contribution in [0, 0.1) is 0 Å². The largest absolute Gasteiger partial charge is 0.444 e. The third-order valence-electron chi connectivity index (χ3n) is 4.86. The van der Waals surface area contributed by atoms with Gasteiger partial charge < -0.3 is 15.2 Å². The number of ether oxygens (including phenoxy) is 1.